The first-order valence-electron chi connectivity index (χ1n) is 6.98. The highest BCUT2D eigenvalue weighted by molar-refractivity contribution is 5.40. The zero-order valence-electron chi connectivity index (χ0n) is 11.9. The van der Waals surface area contributed by atoms with Crippen molar-refractivity contribution >= 4 is 0 Å². The quantitative estimate of drug-likeness (QED) is 0.669. The van der Waals surface area contributed by atoms with Crippen LogP contribution < -0.4 is 20.1 Å². The predicted molar refractivity (Wildman–Crippen MR) is 76.9 cm³/mol. The van der Waals surface area contributed by atoms with Gasteiger partial charge in [0.2, 0.25) is 0 Å². The normalized spacial score (nSPS) is 14.4. The van der Waals surface area contributed by atoms with E-state index in [0.29, 0.717) is 0 Å². The molecule has 1 fully saturated rings. The van der Waals surface area contributed by atoms with Gasteiger partial charge in [-0.2, -0.15) is 0 Å². The second-order valence-electron chi connectivity index (χ2n) is 4.94. The van der Waals surface area contributed by atoms with Gasteiger partial charge >= 0.3 is 0 Å². The van der Waals surface area contributed by atoms with Crippen LogP contribution in [0.2, 0.25) is 0 Å². The summed E-state index contributed by atoms with van der Waals surface area (Å²) in [7, 11) is 3.38. The van der Waals surface area contributed by atoms with Crippen LogP contribution in [0.4, 0.5) is 0 Å². The van der Waals surface area contributed by atoms with Crippen molar-refractivity contribution in [1.82, 2.24) is 10.6 Å². The van der Waals surface area contributed by atoms with Crippen LogP contribution >= 0.6 is 0 Å². The van der Waals surface area contributed by atoms with E-state index in [4.69, 9.17) is 9.47 Å². The highest BCUT2D eigenvalue weighted by atomic mass is 16.5. The van der Waals surface area contributed by atoms with Gasteiger partial charge in [-0.25, -0.2) is 0 Å². The van der Waals surface area contributed by atoms with Gasteiger partial charge in [0.25, 0.3) is 0 Å². The van der Waals surface area contributed by atoms with E-state index < -0.39 is 0 Å². The van der Waals surface area contributed by atoms with Crippen molar-refractivity contribution in [2.24, 2.45) is 0 Å². The SMILES string of the molecule is COc1ccc(OC)c(CNCCCNC2CC2)c1. The van der Waals surface area contributed by atoms with Crippen molar-refractivity contribution in [3.05, 3.63) is 23.8 Å². The fourth-order valence-corrected chi connectivity index (χ4v) is 2.05. The van der Waals surface area contributed by atoms with E-state index >= 15 is 0 Å². The zero-order valence-corrected chi connectivity index (χ0v) is 11.9. The third-order valence-corrected chi connectivity index (χ3v) is 3.34. The summed E-state index contributed by atoms with van der Waals surface area (Å²) in [6.07, 6.45) is 3.87. The minimum atomic E-state index is 0.804. The standard InChI is InChI=1S/C15H24N2O2/c1-18-14-6-7-15(19-2)12(10-14)11-16-8-3-9-17-13-4-5-13/h6-7,10,13,16-17H,3-5,8-9,11H2,1-2H3. The lowest BCUT2D eigenvalue weighted by molar-refractivity contribution is 0.397. The number of ether oxygens (including phenoxy) is 2. The molecule has 1 aromatic rings. The molecule has 0 bridgehead atoms. The van der Waals surface area contributed by atoms with Crippen molar-refractivity contribution < 1.29 is 9.47 Å². The van der Waals surface area contributed by atoms with E-state index in [-0.39, 0.29) is 0 Å². The molecule has 2 rings (SSSR count). The molecule has 1 aliphatic carbocycles. The van der Waals surface area contributed by atoms with Gasteiger partial charge in [0.15, 0.2) is 0 Å². The molecule has 2 N–H and O–H groups in total. The van der Waals surface area contributed by atoms with Gasteiger partial charge in [0, 0.05) is 18.2 Å². The number of benzene rings is 1. The summed E-state index contributed by atoms with van der Waals surface area (Å²) in [4.78, 5) is 0. The average molecular weight is 264 g/mol. The van der Waals surface area contributed by atoms with E-state index in [1.165, 1.54) is 12.8 Å². The Morgan fingerprint density at radius 2 is 2.00 bits per heavy atom. The lowest BCUT2D eigenvalue weighted by atomic mass is 10.2. The van der Waals surface area contributed by atoms with Gasteiger partial charge in [-0.05, 0) is 50.6 Å². The van der Waals surface area contributed by atoms with E-state index in [0.717, 1.165) is 49.2 Å². The van der Waals surface area contributed by atoms with Gasteiger partial charge < -0.3 is 20.1 Å². The molecule has 19 heavy (non-hydrogen) atoms. The molecule has 4 heteroatoms. The number of rotatable bonds is 9. The van der Waals surface area contributed by atoms with Crippen molar-refractivity contribution in [2.75, 3.05) is 27.3 Å². The summed E-state index contributed by atoms with van der Waals surface area (Å²) in [5, 5.41) is 6.96. The van der Waals surface area contributed by atoms with Crippen molar-refractivity contribution in [3.8, 4) is 11.5 Å². The Morgan fingerprint density at radius 3 is 2.68 bits per heavy atom. The number of nitrogens with one attached hydrogen (secondary N) is 2. The molecule has 1 saturated carbocycles. The average Bonchev–Trinajstić information content (AvgIpc) is 3.26. The minimum Gasteiger partial charge on any atom is -0.497 e. The summed E-state index contributed by atoms with van der Waals surface area (Å²) in [6.45, 7) is 2.93. The van der Waals surface area contributed by atoms with Crippen LogP contribution in [0.1, 0.15) is 24.8 Å². The zero-order chi connectivity index (χ0) is 13.5. The Kier molecular flexibility index (Phi) is 5.48. The van der Waals surface area contributed by atoms with Gasteiger partial charge in [0.05, 0.1) is 14.2 Å². The van der Waals surface area contributed by atoms with E-state index in [1.807, 2.05) is 18.2 Å². The molecule has 0 aromatic heterocycles. The van der Waals surface area contributed by atoms with E-state index in [1.54, 1.807) is 14.2 Å². The maximum atomic E-state index is 5.35. The van der Waals surface area contributed by atoms with Crippen LogP contribution in [0, 0.1) is 0 Å². The summed E-state index contributed by atoms with van der Waals surface area (Å²) >= 11 is 0. The van der Waals surface area contributed by atoms with Gasteiger partial charge in [0.1, 0.15) is 11.5 Å². The smallest absolute Gasteiger partial charge is 0.123 e. The number of hydrogen-bond donors (Lipinski definition) is 2. The molecule has 0 aliphatic heterocycles. The molecule has 4 nitrogen and oxygen atoms in total. The first-order valence-corrected chi connectivity index (χ1v) is 6.98. The topological polar surface area (TPSA) is 42.5 Å². The van der Waals surface area contributed by atoms with E-state index in [9.17, 15) is 0 Å². The fraction of sp³-hybridized carbons (Fsp3) is 0.600. The second-order valence-corrected chi connectivity index (χ2v) is 4.94. The van der Waals surface area contributed by atoms with Gasteiger partial charge in [-0.3, -0.25) is 0 Å². The molecule has 0 unspecified atom stereocenters. The molecule has 0 heterocycles. The highest BCUT2D eigenvalue weighted by Gasteiger charge is 2.19. The molecule has 0 spiro atoms. The van der Waals surface area contributed by atoms with Crippen molar-refractivity contribution in [2.45, 2.75) is 31.8 Å². The molecule has 0 saturated heterocycles. The monoisotopic (exact) mass is 264 g/mol. The summed E-state index contributed by atoms with van der Waals surface area (Å²) in [6, 6.07) is 6.69. The van der Waals surface area contributed by atoms with Crippen LogP contribution in [0.25, 0.3) is 0 Å². The number of hydrogen-bond acceptors (Lipinski definition) is 4. The summed E-state index contributed by atoms with van der Waals surface area (Å²) < 4.78 is 10.6. The predicted octanol–water partition coefficient (Wildman–Crippen LogP) is 1.94. The van der Waals surface area contributed by atoms with Crippen molar-refractivity contribution in [1.29, 1.82) is 0 Å². The Bertz CT molecular complexity index is 392. The summed E-state index contributed by atoms with van der Waals surface area (Å²) in [5.41, 5.74) is 1.14. The fourth-order valence-electron chi connectivity index (χ4n) is 2.05. The molecule has 1 aromatic carbocycles. The van der Waals surface area contributed by atoms with Crippen LogP contribution in [-0.2, 0) is 6.54 Å². The minimum absolute atomic E-state index is 0.804. The molecule has 0 amide bonds. The maximum Gasteiger partial charge on any atom is 0.123 e. The van der Waals surface area contributed by atoms with Gasteiger partial charge in [-0.1, -0.05) is 0 Å². The van der Waals surface area contributed by atoms with Crippen LogP contribution in [-0.4, -0.2) is 33.4 Å². The van der Waals surface area contributed by atoms with Crippen molar-refractivity contribution in [3.63, 3.8) is 0 Å². The van der Waals surface area contributed by atoms with Crippen LogP contribution in [0.5, 0.6) is 11.5 Å². The molecule has 0 atom stereocenters. The third-order valence-electron chi connectivity index (χ3n) is 3.34. The van der Waals surface area contributed by atoms with Crippen LogP contribution in [0.15, 0.2) is 18.2 Å². The Morgan fingerprint density at radius 1 is 1.16 bits per heavy atom. The first-order chi connectivity index (χ1) is 9.33. The molecule has 106 valence electrons. The Hall–Kier alpha value is -1.26. The summed E-state index contributed by atoms with van der Waals surface area (Å²) in [5.74, 6) is 1.78. The molecule has 1 aliphatic rings. The lowest BCUT2D eigenvalue weighted by Crippen LogP contribution is -2.23. The van der Waals surface area contributed by atoms with Gasteiger partial charge in [-0.15, -0.1) is 0 Å². The molecular weight excluding hydrogens is 240 g/mol. The van der Waals surface area contributed by atoms with Crippen LogP contribution in [0.3, 0.4) is 0 Å². The Balaban J connectivity index is 1.70. The maximum absolute atomic E-state index is 5.35. The third kappa shape index (κ3) is 4.73. The largest absolute Gasteiger partial charge is 0.497 e. The number of methoxy groups -OCH3 is 2. The highest BCUT2D eigenvalue weighted by Crippen LogP contribution is 2.23. The molecule has 0 radical (unpaired) electrons. The molecular formula is C15H24N2O2. The second kappa shape index (κ2) is 7.36. The lowest BCUT2D eigenvalue weighted by Gasteiger charge is -2.11. The Labute approximate surface area is 115 Å². The first kappa shape index (κ1) is 14.2. The van der Waals surface area contributed by atoms with E-state index in [2.05, 4.69) is 10.6 Å².